The molecule has 6 nitrogen and oxygen atoms in total. The minimum atomic E-state index is 0.157. The van der Waals surface area contributed by atoms with Gasteiger partial charge in [-0.25, -0.2) is 0 Å². The van der Waals surface area contributed by atoms with Crippen molar-refractivity contribution in [3.05, 3.63) is 23.7 Å². The first kappa shape index (κ1) is 18.8. The molecular formula is C18H32N4O2. The van der Waals surface area contributed by atoms with Gasteiger partial charge in [-0.15, -0.1) is 0 Å². The Morgan fingerprint density at radius 1 is 1.25 bits per heavy atom. The SMILES string of the molecule is CCCCNC(=NCC(c1ccc(C)o1)N1CCOCC1)NCC. The van der Waals surface area contributed by atoms with Crippen molar-refractivity contribution in [2.75, 3.05) is 45.9 Å². The number of aryl methyl sites for hydroxylation is 1. The molecule has 6 heteroatoms. The Bertz CT molecular complexity index is 495. The zero-order valence-electron chi connectivity index (χ0n) is 15.3. The van der Waals surface area contributed by atoms with Crippen molar-refractivity contribution in [2.24, 2.45) is 4.99 Å². The summed E-state index contributed by atoms with van der Waals surface area (Å²) in [5.41, 5.74) is 0. The van der Waals surface area contributed by atoms with Crippen LogP contribution in [0.5, 0.6) is 0 Å². The molecule has 1 aliphatic rings. The molecule has 0 amide bonds. The van der Waals surface area contributed by atoms with Crippen LogP contribution in [-0.2, 0) is 4.74 Å². The standard InChI is InChI=1S/C18H32N4O2/c1-4-6-9-20-18(19-5-2)21-14-16(17-8-7-15(3)24-17)22-10-12-23-13-11-22/h7-8,16H,4-6,9-14H2,1-3H3,(H2,19,20,21). The van der Waals surface area contributed by atoms with Gasteiger partial charge >= 0.3 is 0 Å². The lowest BCUT2D eigenvalue weighted by molar-refractivity contribution is 0.0135. The number of ether oxygens (including phenoxy) is 1. The van der Waals surface area contributed by atoms with E-state index in [-0.39, 0.29) is 6.04 Å². The zero-order chi connectivity index (χ0) is 17.2. The monoisotopic (exact) mass is 336 g/mol. The van der Waals surface area contributed by atoms with Gasteiger partial charge in [-0.1, -0.05) is 13.3 Å². The normalized spacial score (nSPS) is 17.7. The fourth-order valence-corrected chi connectivity index (χ4v) is 2.81. The van der Waals surface area contributed by atoms with E-state index in [1.807, 2.05) is 13.0 Å². The largest absolute Gasteiger partial charge is 0.465 e. The third kappa shape index (κ3) is 5.83. The van der Waals surface area contributed by atoms with Crippen LogP contribution < -0.4 is 10.6 Å². The van der Waals surface area contributed by atoms with E-state index in [1.165, 1.54) is 6.42 Å². The summed E-state index contributed by atoms with van der Waals surface area (Å²) in [4.78, 5) is 7.20. The first-order valence-corrected chi connectivity index (χ1v) is 9.15. The topological polar surface area (TPSA) is 62.0 Å². The van der Waals surface area contributed by atoms with Crippen molar-refractivity contribution in [3.63, 3.8) is 0 Å². The minimum Gasteiger partial charge on any atom is -0.465 e. The van der Waals surface area contributed by atoms with Crippen molar-refractivity contribution < 1.29 is 9.15 Å². The van der Waals surface area contributed by atoms with E-state index in [0.717, 1.165) is 63.3 Å². The summed E-state index contributed by atoms with van der Waals surface area (Å²) in [6.45, 7) is 12.1. The summed E-state index contributed by atoms with van der Waals surface area (Å²) in [6.07, 6.45) is 2.32. The fraction of sp³-hybridized carbons (Fsp3) is 0.722. The van der Waals surface area contributed by atoms with Crippen molar-refractivity contribution in [3.8, 4) is 0 Å². The van der Waals surface area contributed by atoms with Crippen molar-refractivity contribution in [2.45, 2.75) is 39.7 Å². The lowest BCUT2D eigenvalue weighted by Crippen LogP contribution is -2.41. The van der Waals surface area contributed by atoms with Crippen LogP contribution in [-0.4, -0.2) is 56.8 Å². The lowest BCUT2D eigenvalue weighted by atomic mass is 10.1. The average Bonchev–Trinajstić information content (AvgIpc) is 3.02. The van der Waals surface area contributed by atoms with Gasteiger partial charge in [-0.3, -0.25) is 9.89 Å². The van der Waals surface area contributed by atoms with E-state index < -0.39 is 0 Å². The molecule has 0 bridgehead atoms. The molecule has 1 unspecified atom stereocenters. The average molecular weight is 336 g/mol. The van der Waals surface area contributed by atoms with Gasteiger partial charge in [0.05, 0.1) is 25.8 Å². The maximum Gasteiger partial charge on any atom is 0.191 e. The van der Waals surface area contributed by atoms with E-state index >= 15 is 0 Å². The predicted molar refractivity (Wildman–Crippen MR) is 97.5 cm³/mol. The highest BCUT2D eigenvalue weighted by atomic mass is 16.5. The zero-order valence-corrected chi connectivity index (χ0v) is 15.3. The van der Waals surface area contributed by atoms with E-state index in [9.17, 15) is 0 Å². The Morgan fingerprint density at radius 2 is 2.04 bits per heavy atom. The molecule has 1 atom stereocenters. The van der Waals surface area contributed by atoms with Gasteiger partial charge in [0, 0.05) is 26.2 Å². The quantitative estimate of drug-likeness (QED) is 0.433. The lowest BCUT2D eigenvalue weighted by Gasteiger charge is -2.32. The number of hydrogen-bond acceptors (Lipinski definition) is 4. The minimum absolute atomic E-state index is 0.157. The van der Waals surface area contributed by atoms with Gasteiger partial charge in [0.15, 0.2) is 5.96 Å². The molecule has 136 valence electrons. The smallest absolute Gasteiger partial charge is 0.191 e. The number of nitrogens with one attached hydrogen (secondary N) is 2. The van der Waals surface area contributed by atoms with Gasteiger partial charge in [0.25, 0.3) is 0 Å². The van der Waals surface area contributed by atoms with Crippen LogP contribution in [0.4, 0.5) is 0 Å². The second-order valence-corrected chi connectivity index (χ2v) is 6.11. The van der Waals surface area contributed by atoms with Crippen LogP contribution >= 0.6 is 0 Å². The highest BCUT2D eigenvalue weighted by molar-refractivity contribution is 5.79. The molecule has 0 spiro atoms. The number of guanidine groups is 1. The van der Waals surface area contributed by atoms with E-state index in [4.69, 9.17) is 14.1 Å². The molecule has 1 aliphatic heterocycles. The molecule has 2 N–H and O–H groups in total. The number of hydrogen-bond donors (Lipinski definition) is 2. The molecule has 1 aromatic heterocycles. The van der Waals surface area contributed by atoms with Crippen LogP contribution in [0.2, 0.25) is 0 Å². The molecular weight excluding hydrogens is 304 g/mol. The molecule has 1 saturated heterocycles. The Morgan fingerprint density at radius 3 is 2.67 bits per heavy atom. The molecule has 0 saturated carbocycles. The van der Waals surface area contributed by atoms with Gasteiger partial charge in [0.1, 0.15) is 11.5 Å². The third-order valence-electron chi connectivity index (χ3n) is 4.17. The highest BCUT2D eigenvalue weighted by Crippen LogP contribution is 2.24. The van der Waals surface area contributed by atoms with Gasteiger partial charge in [0.2, 0.25) is 0 Å². The number of morpholine rings is 1. The molecule has 1 fully saturated rings. The summed E-state index contributed by atoms with van der Waals surface area (Å²) in [5, 5.41) is 6.72. The van der Waals surface area contributed by atoms with E-state index in [2.05, 4.69) is 35.4 Å². The van der Waals surface area contributed by atoms with Crippen LogP contribution in [0, 0.1) is 6.92 Å². The second-order valence-electron chi connectivity index (χ2n) is 6.11. The third-order valence-corrected chi connectivity index (χ3v) is 4.17. The maximum atomic E-state index is 5.90. The number of unbranched alkanes of at least 4 members (excludes halogenated alkanes) is 1. The van der Waals surface area contributed by atoms with Crippen molar-refractivity contribution in [1.29, 1.82) is 0 Å². The summed E-state index contributed by atoms with van der Waals surface area (Å²) in [6, 6.07) is 4.25. The second kappa shape index (κ2) is 10.4. The summed E-state index contributed by atoms with van der Waals surface area (Å²) in [5.74, 6) is 2.82. The Balaban J connectivity index is 2.06. The number of furan rings is 1. The Hall–Kier alpha value is -1.53. The first-order chi connectivity index (χ1) is 11.7. The van der Waals surface area contributed by atoms with Crippen molar-refractivity contribution >= 4 is 5.96 Å². The molecule has 2 rings (SSSR count). The van der Waals surface area contributed by atoms with Crippen LogP contribution in [0.3, 0.4) is 0 Å². The Labute approximate surface area is 145 Å². The number of aliphatic imine (C=N–C) groups is 1. The van der Waals surface area contributed by atoms with Crippen LogP contribution in [0.25, 0.3) is 0 Å². The van der Waals surface area contributed by atoms with Gasteiger partial charge in [-0.05, 0) is 32.4 Å². The maximum absolute atomic E-state index is 5.90. The molecule has 0 aromatic carbocycles. The summed E-state index contributed by atoms with van der Waals surface area (Å²) < 4.78 is 11.4. The molecule has 1 aromatic rings. The first-order valence-electron chi connectivity index (χ1n) is 9.15. The van der Waals surface area contributed by atoms with Crippen LogP contribution in [0.1, 0.15) is 44.3 Å². The molecule has 0 aliphatic carbocycles. The van der Waals surface area contributed by atoms with E-state index in [0.29, 0.717) is 6.54 Å². The molecule has 2 heterocycles. The van der Waals surface area contributed by atoms with Gasteiger partial charge < -0.3 is 19.8 Å². The number of rotatable bonds is 8. The number of nitrogens with zero attached hydrogens (tertiary/aromatic N) is 2. The molecule has 24 heavy (non-hydrogen) atoms. The Kier molecular flexibility index (Phi) is 8.12. The summed E-state index contributed by atoms with van der Waals surface area (Å²) >= 11 is 0. The predicted octanol–water partition coefficient (Wildman–Crippen LogP) is 2.32. The highest BCUT2D eigenvalue weighted by Gasteiger charge is 2.25. The summed E-state index contributed by atoms with van der Waals surface area (Å²) in [7, 11) is 0. The molecule has 0 radical (unpaired) electrons. The van der Waals surface area contributed by atoms with Gasteiger partial charge in [-0.2, -0.15) is 0 Å². The van der Waals surface area contributed by atoms with Crippen LogP contribution in [0.15, 0.2) is 21.5 Å². The fourth-order valence-electron chi connectivity index (χ4n) is 2.81. The van der Waals surface area contributed by atoms with E-state index in [1.54, 1.807) is 0 Å². The van der Waals surface area contributed by atoms with Crippen molar-refractivity contribution in [1.82, 2.24) is 15.5 Å².